The zero-order chi connectivity index (χ0) is 21.4. The van der Waals surface area contributed by atoms with Crippen LogP contribution in [0.3, 0.4) is 0 Å². The first kappa shape index (κ1) is 20.0. The standard InChI is InChI=1S/C23H23NO7/c1-13(25)24-19-20(26)21-18(12-28-22(31-21)17-10-5-11-27-17)30-23(19)29-16-9-4-7-14-6-2-3-8-15(14)16/h2-11,18-23,26H,12H2,1H3,(H,24,25)/t18-,19+,20+,21-,22+,23-/m1/s1. The molecule has 0 radical (unpaired) electrons. The normalized spacial score (nSPS) is 30.5. The Hall–Kier alpha value is -2.91. The molecule has 1 amide bonds. The summed E-state index contributed by atoms with van der Waals surface area (Å²) in [6, 6.07) is 16.1. The molecule has 162 valence electrons. The van der Waals surface area contributed by atoms with Gasteiger partial charge in [-0.05, 0) is 23.6 Å². The topological polar surface area (TPSA) is 99.4 Å². The number of carbonyl (C=O) groups is 1. The number of furan rings is 1. The van der Waals surface area contributed by atoms with Crippen molar-refractivity contribution in [2.75, 3.05) is 6.61 Å². The van der Waals surface area contributed by atoms with Crippen molar-refractivity contribution in [2.24, 2.45) is 0 Å². The van der Waals surface area contributed by atoms with E-state index in [2.05, 4.69) is 5.32 Å². The average molecular weight is 425 g/mol. The molecule has 2 saturated heterocycles. The van der Waals surface area contributed by atoms with Crippen molar-refractivity contribution in [2.45, 2.75) is 43.9 Å². The summed E-state index contributed by atoms with van der Waals surface area (Å²) in [7, 11) is 0. The number of amides is 1. The maximum atomic E-state index is 11.9. The van der Waals surface area contributed by atoms with Gasteiger partial charge in [0, 0.05) is 12.3 Å². The number of aliphatic hydroxyl groups is 1. The molecule has 2 N–H and O–H groups in total. The lowest BCUT2D eigenvalue weighted by atomic mass is 9.95. The summed E-state index contributed by atoms with van der Waals surface area (Å²) < 4.78 is 29.3. The fourth-order valence-corrected chi connectivity index (χ4v) is 4.07. The molecule has 0 aliphatic carbocycles. The monoisotopic (exact) mass is 425 g/mol. The van der Waals surface area contributed by atoms with Crippen LogP contribution in [-0.2, 0) is 19.0 Å². The largest absolute Gasteiger partial charge is 0.464 e. The summed E-state index contributed by atoms with van der Waals surface area (Å²) in [5.41, 5.74) is 0. The Morgan fingerprint density at radius 3 is 2.74 bits per heavy atom. The van der Waals surface area contributed by atoms with Gasteiger partial charge in [0.2, 0.25) is 18.5 Å². The highest BCUT2D eigenvalue weighted by molar-refractivity contribution is 5.88. The van der Waals surface area contributed by atoms with Crippen LogP contribution in [0.5, 0.6) is 5.75 Å². The van der Waals surface area contributed by atoms with Crippen molar-refractivity contribution in [3.8, 4) is 5.75 Å². The van der Waals surface area contributed by atoms with Crippen LogP contribution in [0.2, 0.25) is 0 Å². The van der Waals surface area contributed by atoms with E-state index in [0.717, 1.165) is 10.8 Å². The minimum absolute atomic E-state index is 0.176. The molecule has 1 aromatic heterocycles. The molecule has 0 bridgehead atoms. The number of nitrogens with one attached hydrogen (secondary N) is 1. The van der Waals surface area contributed by atoms with Crippen LogP contribution in [0, 0.1) is 0 Å². The van der Waals surface area contributed by atoms with Gasteiger partial charge in [0.15, 0.2) is 5.76 Å². The van der Waals surface area contributed by atoms with Gasteiger partial charge in [-0.1, -0.05) is 36.4 Å². The van der Waals surface area contributed by atoms with Crippen molar-refractivity contribution in [3.05, 3.63) is 66.6 Å². The van der Waals surface area contributed by atoms with Crippen LogP contribution in [0.4, 0.5) is 0 Å². The van der Waals surface area contributed by atoms with Crippen LogP contribution in [0.15, 0.2) is 65.3 Å². The fraction of sp³-hybridized carbons (Fsp3) is 0.348. The number of rotatable bonds is 4. The van der Waals surface area contributed by atoms with E-state index in [4.69, 9.17) is 23.4 Å². The highest BCUT2D eigenvalue weighted by Crippen LogP contribution is 2.36. The lowest BCUT2D eigenvalue weighted by Crippen LogP contribution is -2.67. The molecule has 31 heavy (non-hydrogen) atoms. The van der Waals surface area contributed by atoms with E-state index in [0.29, 0.717) is 11.5 Å². The van der Waals surface area contributed by atoms with Crippen LogP contribution in [-0.4, -0.2) is 48.3 Å². The zero-order valence-corrected chi connectivity index (χ0v) is 16.8. The number of aliphatic hydroxyl groups excluding tert-OH is 1. The van der Waals surface area contributed by atoms with E-state index in [1.54, 1.807) is 12.1 Å². The Morgan fingerprint density at radius 2 is 1.94 bits per heavy atom. The molecular weight excluding hydrogens is 402 g/mol. The third-order valence-electron chi connectivity index (χ3n) is 5.50. The first-order valence-electron chi connectivity index (χ1n) is 10.2. The minimum Gasteiger partial charge on any atom is -0.464 e. The van der Waals surface area contributed by atoms with E-state index in [-0.39, 0.29) is 12.5 Å². The summed E-state index contributed by atoms with van der Waals surface area (Å²) in [6.07, 6.45) is -2.56. The molecule has 5 rings (SSSR count). The summed E-state index contributed by atoms with van der Waals surface area (Å²) in [4.78, 5) is 11.9. The molecule has 0 saturated carbocycles. The zero-order valence-electron chi connectivity index (χ0n) is 16.8. The molecule has 8 nitrogen and oxygen atoms in total. The average Bonchev–Trinajstić information content (AvgIpc) is 3.31. The predicted molar refractivity (Wildman–Crippen MR) is 109 cm³/mol. The van der Waals surface area contributed by atoms with E-state index < -0.39 is 36.9 Å². The molecule has 0 unspecified atom stereocenters. The van der Waals surface area contributed by atoms with Crippen LogP contribution in [0.25, 0.3) is 10.8 Å². The summed E-state index contributed by atoms with van der Waals surface area (Å²) in [5.74, 6) is 0.776. The molecular formula is C23H23NO7. The first-order valence-corrected chi connectivity index (χ1v) is 10.2. The molecule has 2 aromatic carbocycles. The predicted octanol–water partition coefficient (Wildman–Crippen LogP) is 2.52. The van der Waals surface area contributed by atoms with Gasteiger partial charge in [-0.25, -0.2) is 0 Å². The molecule has 6 atom stereocenters. The van der Waals surface area contributed by atoms with E-state index in [9.17, 15) is 9.90 Å². The van der Waals surface area contributed by atoms with Crippen molar-refractivity contribution >= 4 is 16.7 Å². The third-order valence-corrected chi connectivity index (χ3v) is 5.50. The van der Waals surface area contributed by atoms with Crippen molar-refractivity contribution in [1.29, 1.82) is 0 Å². The Morgan fingerprint density at radius 1 is 1.10 bits per heavy atom. The van der Waals surface area contributed by atoms with Gasteiger partial charge in [0.25, 0.3) is 0 Å². The van der Waals surface area contributed by atoms with Gasteiger partial charge in [-0.3, -0.25) is 4.79 Å². The van der Waals surface area contributed by atoms with Gasteiger partial charge >= 0.3 is 0 Å². The Bertz CT molecular complexity index is 1050. The van der Waals surface area contributed by atoms with E-state index in [1.807, 2.05) is 42.5 Å². The number of hydrogen-bond acceptors (Lipinski definition) is 7. The molecule has 2 fully saturated rings. The van der Waals surface area contributed by atoms with Crippen LogP contribution < -0.4 is 10.1 Å². The number of carbonyl (C=O) groups excluding carboxylic acids is 1. The van der Waals surface area contributed by atoms with Crippen molar-refractivity contribution < 1.29 is 33.3 Å². The van der Waals surface area contributed by atoms with Gasteiger partial charge < -0.3 is 33.8 Å². The summed E-state index contributed by atoms with van der Waals surface area (Å²) in [5, 5.41) is 15.8. The maximum absolute atomic E-state index is 11.9. The van der Waals surface area contributed by atoms with Crippen LogP contribution >= 0.6 is 0 Å². The smallest absolute Gasteiger partial charge is 0.223 e. The Kier molecular flexibility index (Phi) is 5.37. The number of benzene rings is 2. The van der Waals surface area contributed by atoms with Crippen molar-refractivity contribution in [3.63, 3.8) is 0 Å². The Balaban J connectivity index is 1.41. The number of fused-ring (bicyclic) bond motifs is 2. The van der Waals surface area contributed by atoms with Crippen molar-refractivity contribution in [1.82, 2.24) is 5.32 Å². The Labute approximate surface area is 178 Å². The number of hydrogen-bond donors (Lipinski definition) is 2. The SMILES string of the molecule is CC(=O)N[C@@H]1[C@H](Oc2cccc3ccccc23)O[C@@H]2CO[C@H](c3ccco3)O[C@H]2[C@H]1O. The second kappa shape index (κ2) is 8.32. The maximum Gasteiger partial charge on any atom is 0.223 e. The molecule has 3 heterocycles. The van der Waals surface area contributed by atoms with Gasteiger partial charge in [0.1, 0.15) is 30.1 Å². The minimum atomic E-state index is -1.08. The summed E-state index contributed by atoms with van der Waals surface area (Å²) in [6.45, 7) is 1.56. The third kappa shape index (κ3) is 3.90. The highest BCUT2D eigenvalue weighted by atomic mass is 16.8. The molecule has 3 aromatic rings. The second-order valence-electron chi connectivity index (χ2n) is 7.64. The quantitative estimate of drug-likeness (QED) is 0.663. The second-order valence-corrected chi connectivity index (χ2v) is 7.64. The first-order chi connectivity index (χ1) is 15.1. The van der Waals surface area contributed by atoms with Crippen LogP contribution in [0.1, 0.15) is 19.0 Å². The molecule has 2 aliphatic rings. The fourth-order valence-electron chi connectivity index (χ4n) is 4.07. The van der Waals surface area contributed by atoms with Gasteiger partial charge in [0.05, 0.1) is 12.9 Å². The summed E-state index contributed by atoms with van der Waals surface area (Å²) >= 11 is 0. The van der Waals surface area contributed by atoms with E-state index >= 15 is 0 Å². The molecule has 2 aliphatic heterocycles. The molecule has 8 heteroatoms. The highest BCUT2D eigenvalue weighted by Gasteiger charge is 2.51. The van der Waals surface area contributed by atoms with Gasteiger partial charge in [-0.15, -0.1) is 0 Å². The van der Waals surface area contributed by atoms with E-state index in [1.165, 1.54) is 13.2 Å². The molecule has 0 spiro atoms. The number of ether oxygens (including phenoxy) is 4. The lowest BCUT2D eigenvalue weighted by molar-refractivity contribution is -0.336. The lowest BCUT2D eigenvalue weighted by Gasteiger charge is -2.47. The van der Waals surface area contributed by atoms with Gasteiger partial charge in [-0.2, -0.15) is 0 Å².